The Morgan fingerprint density at radius 3 is 2.55 bits per heavy atom. The number of methoxy groups -OCH3 is 1. The first kappa shape index (κ1) is 15.6. The monoisotopic (exact) mass is 326 g/mol. The predicted octanol–water partition coefficient (Wildman–Crippen LogP) is 3.19. The van der Waals surface area contributed by atoms with Crippen LogP contribution in [0, 0.1) is 0 Å². The molecule has 0 N–H and O–H groups in total. The second-order valence-corrected chi connectivity index (χ2v) is 5.97. The van der Waals surface area contributed by atoms with Crippen molar-refractivity contribution in [3.8, 4) is 5.75 Å². The summed E-state index contributed by atoms with van der Waals surface area (Å²) in [5.41, 5.74) is 0.412. The summed E-state index contributed by atoms with van der Waals surface area (Å²) in [6.07, 6.45) is 3.45. The summed E-state index contributed by atoms with van der Waals surface area (Å²) in [5.74, 6) is -0.217. The third-order valence-electron chi connectivity index (χ3n) is 4.15. The molecule has 120 valence electrons. The van der Waals surface area contributed by atoms with Crippen LogP contribution < -0.4 is 4.74 Å². The van der Waals surface area contributed by atoms with Gasteiger partial charge in [0, 0.05) is 12.8 Å². The third-order valence-corrected chi connectivity index (χ3v) is 4.45. The van der Waals surface area contributed by atoms with E-state index in [0.717, 1.165) is 25.7 Å². The van der Waals surface area contributed by atoms with Gasteiger partial charge in [0.2, 0.25) is 0 Å². The second-order valence-electron chi connectivity index (χ2n) is 5.56. The first-order chi connectivity index (χ1) is 10.6. The maximum atomic E-state index is 11.5. The fourth-order valence-corrected chi connectivity index (χ4v) is 3.18. The first-order valence-electron chi connectivity index (χ1n) is 7.44. The molecule has 2 aliphatic rings. The van der Waals surface area contributed by atoms with Crippen molar-refractivity contribution >= 4 is 17.6 Å². The molecule has 22 heavy (non-hydrogen) atoms. The van der Waals surface area contributed by atoms with E-state index in [1.165, 1.54) is 7.11 Å². The maximum absolute atomic E-state index is 11.5. The summed E-state index contributed by atoms with van der Waals surface area (Å²) >= 11 is 6.19. The van der Waals surface area contributed by atoms with Crippen molar-refractivity contribution in [3.63, 3.8) is 0 Å². The standard InChI is InChI=1S/C16H19ClO5/c1-19-15(18)11-2-3-14(13(17)10-11)22-12-4-6-16(7-5-12)20-8-9-21-16/h2-3,10,12H,4-9H2,1H3. The molecule has 0 bridgehead atoms. The molecule has 0 amide bonds. The maximum Gasteiger partial charge on any atom is 0.337 e. The zero-order chi connectivity index (χ0) is 15.6. The Bertz CT molecular complexity index is 543. The minimum Gasteiger partial charge on any atom is -0.489 e. The van der Waals surface area contributed by atoms with Crippen LogP contribution >= 0.6 is 11.6 Å². The van der Waals surface area contributed by atoms with Crippen LogP contribution in [0.25, 0.3) is 0 Å². The van der Waals surface area contributed by atoms with Crippen LogP contribution in [0.1, 0.15) is 36.0 Å². The van der Waals surface area contributed by atoms with Crippen molar-refractivity contribution in [1.29, 1.82) is 0 Å². The minimum atomic E-state index is -0.413. The minimum absolute atomic E-state index is 0.0832. The average molecular weight is 327 g/mol. The Hall–Kier alpha value is -1.30. The largest absolute Gasteiger partial charge is 0.489 e. The topological polar surface area (TPSA) is 54.0 Å². The van der Waals surface area contributed by atoms with E-state index in [-0.39, 0.29) is 6.10 Å². The Kier molecular flexibility index (Phi) is 4.57. The van der Waals surface area contributed by atoms with Crippen LogP contribution in [0.15, 0.2) is 18.2 Å². The van der Waals surface area contributed by atoms with E-state index in [9.17, 15) is 4.79 Å². The second kappa shape index (κ2) is 6.44. The van der Waals surface area contributed by atoms with Gasteiger partial charge in [-0.3, -0.25) is 0 Å². The predicted molar refractivity (Wildman–Crippen MR) is 80.3 cm³/mol. The number of ether oxygens (including phenoxy) is 4. The lowest BCUT2D eigenvalue weighted by Gasteiger charge is -2.35. The lowest BCUT2D eigenvalue weighted by molar-refractivity contribution is -0.186. The molecule has 3 rings (SSSR count). The molecule has 1 aliphatic carbocycles. The molecule has 1 aromatic rings. The van der Waals surface area contributed by atoms with E-state index in [0.29, 0.717) is 29.5 Å². The summed E-state index contributed by atoms with van der Waals surface area (Å²) < 4.78 is 22.0. The van der Waals surface area contributed by atoms with Crippen molar-refractivity contribution in [2.45, 2.75) is 37.6 Å². The number of hydrogen-bond donors (Lipinski definition) is 0. The van der Waals surface area contributed by atoms with Gasteiger partial charge in [0.15, 0.2) is 5.79 Å². The SMILES string of the molecule is COC(=O)c1ccc(OC2CCC3(CC2)OCCO3)c(Cl)c1. The van der Waals surface area contributed by atoms with Crippen LogP contribution in [0.4, 0.5) is 0 Å². The number of carbonyl (C=O) groups excluding carboxylic acids is 1. The molecule has 1 saturated carbocycles. The highest BCUT2D eigenvalue weighted by Gasteiger charge is 2.40. The van der Waals surface area contributed by atoms with Gasteiger partial charge in [-0.15, -0.1) is 0 Å². The Labute approximate surface area is 134 Å². The fraction of sp³-hybridized carbons (Fsp3) is 0.562. The number of esters is 1. The van der Waals surface area contributed by atoms with Crippen molar-refractivity contribution in [3.05, 3.63) is 28.8 Å². The third kappa shape index (κ3) is 3.21. The normalized spacial score (nSPS) is 21.0. The Morgan fingerprint density at radius 1 is 1.27 bits per heavy atom. The van der Waals surface area contributed by atoms with Crippen molar-refractivity contribution in [2.24, 2.45) is 0 Å². The van der Waals surface area contributed by atoms with Crippen LogP contribution in [0.2, 0.25) is 5.02 Å². The summed E-state index contributed by atoms with van der Waals surface area (Å²) in [6.45, 7) is 1.35. The molecule has 1 spiro atoms. The van der Waals surface area contributed by atoms with Gasteiger partial charge in [-0.1, -0.05) is 11.6 Å². The van der Waals surface area contributed by atoms with Gasteiger partial charge in [0.25, 0.3) is 0 Å². The molecule has 1 aliphatic heterocycles. The Balaban J connectivity index is 1.61. The molecule has 5 nitrogen and oxygen atoms in total. The lowest BCUT2D eigenvalue weighted by atomic mass is 9.92. The van der Waals surface area contributed by atoms with Gasteiger partial charge in [-0.25, -0.2) is 4.79 Å². The number of carbonyl (C=O) groups is 1. The molecule has 1 aromatic carbocycles. The van der Waals surface area contributed by atoms with E-state index < -0.39 is 11.8 Å². The molecule has 6 heteroatoms. The molecule has 0 radical (unpaired) electrons. The lowest BCUT2D eigenvalue weighted by Crippen LogP contribution is -2.38. The smallest absolute Gasteiger partial charge is 0.337 e. The highest BCUT2D eigenvalue weighted by Crippen LogP contribution is 2.38. The van der Waals surface area contributed by atoms with Crippen LogP contribution in [-0.2, 0) is 14.2 Å². The average Bonchev–Trinajstić information content (AvgIpc) is 2.99. The van der Waals surface area contributed by atoms with Gasteiger partial charge < -0.3 is 18.9 Å². The van der Waals surface area contributed by atoms with E-state index in [2.05, 4.69) is 4.74 Å². The molecule has 1 heterocycles. The highest BCUT2D eigenvalue weighted by atomic mass is 35.5. The quantitative estimate of drug-likeness (QED) is 0.798. The fourth-order valence-electron chi connectivity index (χ4n) is 2.96. The van der Waals surface area contributed by atoms with Crippen molar-refractivity contribution < 1.29 is 23.7 Å². The van der Waals surface area contributed by atoms with Gasteiger partial charge >= 0.3 is 5.97 Å². The summed E-state index contributed by atoms with van der Waals surface area (Å²) in [4.78, 5) is 11.5. The van der Waals surface area contributed by atoms with Gasteiger partial charge in [-0.05, 0) is 31.0 Å². The molecular formula is C16H19ClO5. The molecule has 2 fully saturated rings. The molecule has 0 atom stereocenters. The summed E-state index contributed by atoms with van der Waals surface area (Å²) in [5, 5.41) is 0.413. The first-order valence-corrected chi connectivity index (χ1v) is 7.82. The summed E-state index contributed by atoms with van der Waals surface area (Å²) in [7, 11) is 1.34. The van der Waals surface area contributed by atoms with E-state index in [4.69, 9.17) is 25.8 Å². The number of rotatable bonds is 3. The Morgan fingerprint density at radius 2 is 1.95 bits per heavy atom. The van der Waals surface area contributed by atoms with E-state index in [1.54, 1.807) is 18.2 Å². The van der Waals surface area contributed by atoms with E-state index >= 15 is 0 Å². The summed E-state index contributed by atoms with van der Waals surface area (Å²) in [6, 6.07) is 4.93. The van der Waals surface area contributed by atoms with Crippen LogP contribution in [0.5, 0.6) is 5.75 Å². The molecule has 0 unspecified atom stereocenters. The van der Waals surface area contributed by atoms with Crippen LogP contribution in [0.3, 0.4) is 0 Å². The van der Waals surface area contributed by atoms with Gasteiger partial charge in [-0.2, -0.15) is 0 Å². The number of halogens is 1. The highest BCUT2D eigenvalue weighted by molar-refractivity contribution is 6.32. The molecular weight excluding hydrogens is 308 g/mol. The van der Waals surface area contributed by atoms with E-state index in [1.807, 2.05) is 0 Å². The molecule has 0 aromatic heterocycles. The van der Waals surface area contributed by atoms with Gasteiger partial charge in [0.1, 0.15) is 5.75 Å². The van der Waals surface area contributed by atoms with Crippen LogP contribution in [-0.4, -0.2) is 38.2 Å². The number of benzene rings is 1. The van der Waals surface area contributed by atoms with Gasteiger partial charge in [0.05, 0.1) is 37.0 Å². The van der Waals surface area contributed by atoms with Crippen molar-refractivity contribution in [1.82, 2.24) is 0 Å². The zero-order valence-corrected chi connectivity index (χ0v) is 13.2. The van der Waals surface area contributed by atoms with Crippen molar-refractivity contribution in [2.75, 3.05) is 20.3 Å². The molecule has 1 saturated heterocycles. The zero-order valence-electron chi connectivity index (χ0n) is 12.5. The number of hydrogen-bond acceptors (Lipinski definition) is 5.